The summed E-state index contributed by atoms with van der Waals surface area (Å²) in [7, 11) is 0. The molecule has 4 N–H and O–H groups in total. The van der Waals surface area contributed by atoms with Crippen molar-refractivity contribution in [1.29, 1.82) is 0 Å². The summed E-state index contributed by atoms with van der Waals surface area (Å²) in [4.78, 5) is 11.8. The van der Waals surface area contributed by atoms with Gasteiger partial charge in [0.05, 0.1) is 0 Å². The Morgan fingerprint density at radius 3 is 2.24 bits per heavy atom. The SMILES string of the molecule is CC(C)NC(=O)c1ccc(NCc2ccc(N)cc2)cc1. The normalized spacial score (nSPS) is 10.4. The number of nitrogens with two attached hydrogens (primary N) is 1. The first kappa shape index (κ1) is 14.9. The molecule has 0 saturated carbocycles. The zero-order chi connectivity index (χ0) is 15.2. The molecule has 0 atom stereocenters. The molecule has 2 aromatic rings. The van der Waals surface area contributed by atoms with Crippen molar-refractivity contribution in [3.63, 3.8) is 0 Å². The van der Waals surface area contributed by atoms with E-state index in [1.165, 1.54) is 0 Å². The van der Waals surface area contributed by atoms with E-state index in [9.17, 15) is 4.79 Å². The molecule has 0 heterocycles. The van der Waals surface area contributed by atoms with E-state index in [0.717, 1.165) is 23.5 Å². The van der Waals surface area contributed by atoms with Crippen molar-refractivity contribution in [1.82, 2.24) is 5.32 Å². The number of hydrogen-bond acceptors (Lipinski definition) is 3. The van der Waals surface area contributed by atoms with Crippen molar-refractivity contribution in [3.05, 3.63) is 59.7 Å². The lowest BCUT2D eigenvalue weighted by Crippen LogP contribution is -2.29. The average molecular weight is 283 g/mol. The molecule has 4 heteroatoms. The second-order valence-electron chi connectivity index (χ2n) is 5.30. The Bertz CT molecular complexity index is 588. The average Bonchev–Trinajstić information content (AvgIpc) is 2.46. The molecule has 110 valence electrons. The maximum atomic E-state index is 11.8. The molecule has 0 fully saturated rings. The number of hydrogen-bond donors (Lipinski definition) is 3. The number of rotatable bonds is 5. The highest BCUT2D eigenvalue weighted by Crippen LogP contribution is 2.12. The van der Waals surface area contributed by atoms with Crippen molar-refractivity contribution in [2.24, 2.45) is 0 Å². The largest absolute Gasteiger partial charge is 0.399 e. The first-order chi connectivity index (χ1) is 10.0. The number of nitrogen functional groups attached to an aromatic ring is 1. The minimum absolute atomic E-state index is 0.0462. The Kier molecular flexibility index (Phi) is 4.82. The number of carbonyl (C=O) groups excluding carboxylic acids is 1. The number of benzene rings is 2. The standard InChI is InChI=1S/C17H21N3O/c1-12(2)20-17(21)14-5-9-16(10-6-14)19-11-13-3-7-15(18)8-4-13/h3-10,12,19H,11,18H2,1-2H3,(H,20,21). The third kappa shape index (κ3) is 4.53. The summed E-state index contributed by atoms with van der Waals surface area (Å²) in [6.45, 7) is 4.61. The molecular formula is C17H21N3O. The van der Waals surface area contributed by atoms with E-state index in [-0.39, 0.29) is 11.9 Å². The zero-order valence-corrected chi connectivity index (χ0v) is 12.4. The van der Waals surface area contributed by atoms with Crippen molar-refractivity contribution in [3.8, 4) is 0 Å². The van der Waals surface area contributed by atoms with E-state index in [0.29, 0.717) is 5.56 Å². The first-order valence-corrected chi connectivity index (χ1v) is 7.04. The highest BCUT2D eigenvalue weighted by molar-refractivity contribution is 5.94. The molecule has 2 aromatic carbocycles. The van der Waals surface area contributed by atoms with Crippen LogP contribution in [0.25, 0.3) is 0 Å². The van der Waals surface area contributed by atoms with Crippen LogP contribution in [-0.4, -0.2) is 11.9 Å². The molecule has 0 bridgehead atoms. The van der Waals surface area contributed by atoms with E-state index in [2.05, 4.69) is 10.6 Å². The van der Waals surface area contributed by atoms with Gasteiger partial charge in [-0.25, -0.2) is 0 Å². The maximum Gasteiger partial charge on any atom is 0.251 e. The molecule has 1 amide bonds. The van der Waals surface area contributed by atoms with Crippen molar-refractivity contribution >= 4 is 17.3 Å². The van der Waals surface area contributed by atoms with E-state index in [1.54, 1.807) is 0 Å². The number of nitrogens with one attached hydrogen (secondary N) is 2. The van der Waals surface area contributed by atoms with Crippen LogP contribution in [-0.2, 0) is 6.54 Å². The molecule has 0 unspecified atom stereocenters. The van der Waals surface area contributed by atoms with Gasteiger partial charge in [0.25, 0.3) is 5.91 Å². The second kappa shape index (κ2) is 6.79. The van der Waals surface area contributed by atoms with Gasteiger partial charge in [0, 0.05) is 29.5 Å². The Morgan fingerprint density at radius 1 is 1.05 bits per heavy atom. The number of carbonyl (C=O) groups is 1. The van der Waals surface area contributed by atoms with Gasteiger partial charge in [-0.15, -0.1) is 0 Å². The summed E-state index contributed by atoms with van der Waals surface area (Å²) in [6, 6.07) is 15.4. The fourth-order valence-corrected chi connectivity index (χ4v) is 1.92. The maximum absolute atomic E-state index is 11.8. The van der Waals surface area contributed by atoms with Gasteiger partial charge in [0.15, 0.2) is 0 Å². The minimum Gasteiger partial charge on any atom is -0.399 e. The van der Waals surface area contributed by atoms with Gasteiger partial charge in [-0.1, -0.05) is 12.1 Å². The minimum atomic E-state index is -0.0462. The third-order valence-corrected chi connectivity index (χ3v) is 3.04. The van der Waals surface area contributed by atoms with Gasteiger partial charge in [-0.2, -0.15) is 0 Å². The first-order valence-electron chi connectivity index (χ1n) is 7.04. The van der Waals surface area contributed by atoms with Crippen LogP contribution in [0.5, 0.6) is 0 Å². The Labute approximate surface area is 125 Å². The second-order valence-corrected chi connectivity index (χ2v) is 5.30. The van der Waals surface area contributed by atoms with E-state index in [1.807, 2.05) is 62.4 Å². The van der Waals surface area contributed by atoms with Crippen LogP contribution < -0.4 is 16.4 Å². The van der Waals surface area contributed by atoms with E-state index >= 15 is 0 Å². The van der Waals surface area contributed by atoms with Gasteiger partial charge in [-0.3, -0.25) is 4.79 Å². The summed E-state index contributed by atoms with van der Waals surface area (Å²) < 4.78 is 0. The molecule has 0 saturated heterocycles. The molecule has 0 aliphatic heterocycles. The lowest BCUT2D eigenvalue weighted by molar-refractivity contribution is 0.0943. The lowest BCUT2D eigenvalue weighted by Gasteiger charge is -2.10. The summed E-state index contributed by atoms with van der Waals surface area (Å²) in [6.07, 6.45) is 0. The molecule has 2 rings (SSSR count). The summed E-state index contributed by atoms with van der Waals surface area (Å²) in [5, 5.41) is 6.19. The Hall–Kier alpha value is -2.49. The molecule has 0 spiro atoms. The quantitative estimate of drug-likeness (QED) is 0.739. The van der Waals surface area contributed by atoms with Gasteiger partial charge >= 0.3 is 0 Å². The van der Waals surface area contributed by atoms with E-state index < -0.39 is 0 Å². The predicted octanol–water partition coefficient (Wildman–Crippen LogP) is 3.02. The Balaban J connectivity index is 1.93. The van der Waals surface area contributed by atoms with Gasteiger partial charge in [-0.05, 0) is 55.8 Å². The molecule has 0 aliphatic rings. The summed E-state index contributed by atoms with van der Waals surface area (Å²) in [5.74, 6) is -0.0462. The van der Waals surface area contributed by atoms with Crippen molar-refractivity contribution in [2.75, 3.05) is 11.1 Å². The van der Waals surface area contributed by atoms with Crippen LogP contribution in [0.2, 0.25) is 0 Å². The zero-order valence-electron chi connectivity index (χ0n) is 12.4. The van der Waals surface area contributed by atoms with Crippen LogP contribution in [0, 0.1) is 0 Å². The number of amides is 1. The monoisotopic (exact) mass is 283 g/mol. The molecule has 4 nitrogen and oxygen atoms in total. The van der Waals surface area contributed by atoms with Crippen molar-refractivity contribution < 1.29 is 4.79 Å². The van der Waals surface area contributed by atoms with Gasteiger partial charge in [0.1, 0.15) is 0 Å². The highest BCUT2D eigenvalue weighted by atomic mass is 16.1. The molecule has 0 aliphatic carbocycles. The molecule has 21 heavy (non-hydrogen) atoms. The molecule has 0 radical (unpaired) electrons. The van der Waals surface area contributed by atoms with Gasteiger partial charge < -0.3 is 16.4 Å². The topological polar surface area (TPSA) is 67.2 Å². The van der Waals surface area contributed by atoms with Crippen LogP contribution in [0.3, 0.4) is 0 Å². The summed E-state index contributed by atoms with van der Waals surface area (Å²) >= 11 is 0. The smallest absolute Gasteiger partial charge is 0.251 e. The Morgan fingerprint density at radius 2 is 1.67 bits per heavy atom. The third-order valence-electron chi connectivity index (χ3n) is 3.04. The lowest BCUT2D eigenvalue weighted by atomic mass is 10.1. The number of anilines is 2. The van der Waals surface area contributed by atoms with Gasteiger partial charge in [0.2, 0.25) is 0 Å². The van der Waals surface area contributed by atoms with Crippen LogP contribution >= 0.6 is 0 Å². The molecular weight excluding hydrogens is 262 g/mol. The van der Waals surface area contributed by atoms with Crippen molar-refractivity contribution in [2.45, 2.75) is 26.4 Å². The molecule has 0 aromatic heterocycles. The van der Waals surface area contributed by atoms with Crippen LogP contribution in [0.15, 0.2) is 48.5 Å². The van der Waals surface area contributed by atoms with Crippen LogP contribution in [0.1, 0.15) is 29.8 Å². The van der Waals surface area contributed by atoms with E-state index in [4.69, 9.17) is 5.73 Å². The fourth-order valence-electron chi connectivity index (χ4n) is 1.92. The highest BCUT2D eigenvalue weighted by Gasteiger charge is 2.06. The summed E-state index contributed by atoms with van der Waals surface area (Å²) in [5.41, 5.74) is 9.22. The fraction of sp³-hybridized carbons (Fsp3) is 0.235. The predicted molar refractivity (Wildman–Crippen MR) is 87.2 cm³/mol. The van der Waals surface area contributed by atoms with Crippen LogP contribution in [0.4, 0.5) is 11.4 Å².